The molecule has 0 spiro atoms. The summed E-state index contributed by atoms with van der Waals surface area (Å²) in [7, 11) is 0. The fourth-order valence-electron chi connectivity index (χ4n) is 2.70. The number of imide groups is 1. The summed E-state index contributed by atoms with van der Waals surface area (Å²) in [5.41, 5.74) is -1.15. The Bertz CT molecular complexity index is 397. The minimum absolute atomic E-state index is 0.0720. The summed E-state index contributed by atoms with van der Waals surface area (Å²) in [6.07, 6.45) is 0.766. The molecule has 1 saturated heterocycles. The Morgan fingerprint density at radius 1 is 1.20 bits per heavy atom. The molecule has 4 nitrogen and oxygen atoms in total. The Balaban J connectivity index is 0.00000172. The fourth-order valence-corrected chi connectivity index (χ4v) is 2.70. The molecule has 1 rings (SSSR count). The van der Waals surface area contributed by atoms with Crippen LogP contribution in [0, 0.1) is 11.3 Å². The standard InChI is InChI=1S/C14H23NO3.C2H6/c1-9-7-11(17)15(12(9)18)14(5,6)8-13(3,4)10(2)16;1-2/h9H,7-8H2,1-6H3;1-2H3. The van der Waals surface area contributed by atoms with Gasteiger partial charge in [-0.2, -0.15) is 0 Å². The molecule has 2 amide bonds. The molecule has 0 aliphatic carbocycles. The zero-order valence-corrected chi connectivity index (χ0v) is 14.2. The van der Waals surface area contributed by atoms with Crippen LogP contribution in [0.4, 0.5) is 0 Å². The van der Waals surface area contributed by atoms with Gasteiger partial charge in [0.05, 0.1) is 0 Å². The molecule has 0 aromatic carbocycles. The van der Waals surface area contributed by atoms with E-state index in [9.17, 15) is 14.4 Å². The maximum Gasteiger partial charge on any atom is 0.233 e. The summed E-state index contributed by atoms with van der Waals surface area (Å²) >= 11 is 0. The van der Waals surface area contributed by atoms with E-state index in [-0.39, 0.29) is 29.9 Å². The molecular formula is C16H29NO3. The van der Waals surface area contributed by atoms with Crippen molar-refractivity contribution in [1.82, 2.24) is 4.90 Å². The largest absolute Gasteiger partial charge is 0.299 e. The Labute approximate surface area is 122 Å². The van der Waals surface area contributed by atoms with Crippen LogP contribution in [-0.4, -0.2) is 28.0 Å². The van der Waals surface area contributed by atoms with Gasteiger partial charge in [-0.25, -0.2) is 0 Å². The maximum absolute atomic E-state index is 12.0. The van der Waals surface area contributed by atoms with Gasteiger partial charge in [-0.15, -0.1) is 0 Å². The molecule has 116 valence electrons. The molecule has 1 fully saturated rings. The van der Waals surface area contributed by atoms with E-state index >= 15 is 0 Å². The monoisotopic (exact) mass is 283 g/mol. The molecule has 0 saturated carbocycles. The van der Waals surface area contributed by atoms with E-state index in [1.54, 1.807) is 13.8 Å². The van der Waals surface area contributed by atoms with E-state index < -0.39 is 11.0 Å². The lowest BCUT2D eigenvalue weighted by molar-refractivity contribution is -0.148. The highest BCUT2D eigenvalue weighted by Crippen LogP contribution is 2.36. The van der Waals surface area contributed by atoms with E-state index in [4.69, 9.17) is 0 Å². The van der Waals surface area contributed by atoms with Crippen LogP contribution >= 0.6 is 0 Å². The SMILES string of the molecule is CC.CC(=O)C(C)(C)CC(C)(C)N1C(=O)CC(C)C1=O. The molecule has 4 heteroatoms. The molecule has 0 N–H and O–H groups in total. The minimum atomic E-state index is -0.617. The molecule has 0 aromatic heterocycles. The van der Waals surface area contributed by atoms with Crippen molar-refractivity contribution < 1.29 is 14.4 Å². The molecule has 1 atom stereocenters. The number of Topliss-reactive ketones (excluding diaryl/α,β-unsaturated/α-hetero) is 1. The lowest BCUT2D eigenvalue weighted by Gasteiger charge is -2.39. The maximum atomic E-state index is 12.0. The summed E-state index contributed by atoms with van der Waals surface area (Å²) in [6, 6.07) is 0. The van der Waals surface area contributed by atoms with Crippen LogP contribution in [-0.2, 0) is 14.4 Å². The van der Waals surface area contributed by atoms with Gasteiger partial charge in [0.2, 0.25) is 11.8 Å². The van der Waals surface area contributed by atoms with Gasteiger partial charge in [-0.1, -0.05) is 34.6 Å². The summed E-state index contributed by atoms with van der Waals surface area (Å²) in [5, 5.41) is 0. The molecule has 1 aliphatic heterocycles. The average Bonchev–Trinajstić information content (AvgIpc) is 2.54. The number of hydrogen-bond acceptors (Lipinski definition) is 3. The van der Waals surface area contributed by atoms with Gasteiger partial charge in [0, 0.05) is 23.3 Å². The van der Waals surface area contributed by atoms with Crippen molar-refractivity contribution >= 4 is 17.6 Å². The number of carbonyl (C=O) groups is 3. The van der Waals surface area contributed by atoms with Crippen molar-refractivity contribution in [3.05, 3.63) is 0 Å². The van der Waals surface area contributed by atoms with Crippen molar-refractivity contribution in [2.75, 3.05) is 0 Å². The predicted molar refractivity (Wildman–Crippen MR) is 80.1 cm³/mol. The van der Waals surface area contributed by atoms with Crippen molar-refractivity contribution in [3.63, 3.8) is 0 Å². The minimum Gasteiger partial charge on any atom is -0.299 e. The van der Waals surface area contributed by atoms with Crippen molar-refractivity contribution in [2.24, 2.45) is 11.3 Å². The first-order chi connectivity index (χ1) is 8.99. The van der Waals surface area contributed by atoms with E-state index in [1.165, 1.54) is 4.90 Å². The predicted octanol–water partition coefficient (Wildman–Crippen LogP) is 3.19. The van der Waals surface area contributed by atoms with Gasteiger partial charge in [0.25, 0.3) is 0 Å². The van der Waals surface area contributed by atoms with E-state index in [1.807, 2.05) is 41.5 Å². The third-order valence-electron chi connectivity index (χ3n) is 3.81. The first-order valence-corrected chi connectivity index (χ1v) is 7.37. The first-order valence-electron chi connectivity index (χ1n) is 7.37. The van der Waals surface area contributed by atoms with E-state index in [0.717, 1.165) is 0 Å². The van der Waals surface area contributed by atoms with Gasteiger partial charge in [0.1, 0.15) is 5.78 Å². The fraction of sp³-hybridized carbons (Fsp3) is 0.812. The van der Waals surface area contributed by atoms with Gasteiger partial charge in [-0.3, -0.25) is 19.3 Å². The summed E-state index contributed by atoms with van der Waals surface area (Å²) in [5.74, 6) is -0.416. The van der Waals surface area contributed by atoms with Crippen LogP contribution in [0.2, 0.25) is 0 Å². The molecule has 0 bridgehead atoms. The number of carbonyl (C=O) groups excluding carboxylic acids is 3. The van der Waals surface area contributed by atoms with Crippen LogP contribution in [0.3, 0.4) is 0 Å². The smallest absolute Gasteiger partial charge is 0.233 e. The molecule has 20 heavy (non-hydrogen) atoms. The summed E-state index contributed by atoms with van der Waals surface area (Å²) < 4.78 is 0. The molecule has 0 aromatic rings. The van der Waals surface area contributed by atoms with Gasteiger partial charge in [-0.05, 0) is 27.2 Å². The Morgan fingerprint density at radius 2 is 1.65 bits per heavy atom. The second-order valence-corrected chi connectivity index (χ2v) is 6.60. The summed E-state index contributed by atoms with van der Waals surface area (Å²) in [4.78, 5) is 36.9. The van der Waals surface area contributed by atoms with Gasteiger partial charge in [0.15, 0.2) is 0 Å². The molecule has 1 aliphatic rings. The second kappa shape index (κ2) is 6.51. The van der Waals surface area contributed by atoms with Gasteiger partial charge < -0.3 is 0 Å². The number of nitrogens with zero attached hydrogens (tertiary/aromatic N) is 1. The van der Waals surface area contributed by atoms with Gasteiger partial charge >= 0.3 is 0 Å². The van der Waals surface area contributed by atoms with Crippen molar-refractivity contribution in [3.8, 4) is 0 Å². The molecule has 0 radical (unpaired) electrons. The van der Waals surface area contributed by atoms with Crippen molar-refractivity contribution in [2.45, 2.75) is 73.8 Å². The van der Waals surface area contributed by atoms with E-state index in [2.05, 4.69) is 0 Å². The highest BCUT2D eigenvalue weighted by Gasteiger charge is 2.46. The highest BCUT2D eigenvalue weighted by molar-refractivity contribution is 6.04. The average molecular weight is 283 g/mol. The second-order valence-electron chi connectivity index (χ2n) is 6.60. The van der Waals surface area contributed by atoms with Crippen LogP contribution in [0.15, 0.2) is 0 Å². The normalized spacial score (nSPS) is 19.8. The Kier molecular flexibility index (Phi) is 6.12. The first kappa shape index (κ1) is 18.8. The quantitative estimate of drug-likeness (QED) is 0.745. The highest BCUT2D eigenvalue weighted by atomic mass is 16.2. The Hall–Kier alpha value is -1.19. The van der Waals surface area contributed by atoms with Crippen molar-refractivity contribution in [1.29, 1.82) is 0 Å². The van der Waals surface area contributed by atoms with Crippen LogP contribution in [0.25, 0.3) is 0 Å². The molecule has 1 heterocycles. The topological polar surface area (TPSA) is 54.5 Å². The zero-order valence-electron chi connectivity index (χ0n) is 14.2. The molecule has 1 unspecified atom stereocenters. The van der Waals surface area contributed by atoms with Crippen LogP contribution < -0.4 is 0 Å². The van der Waals surface area contributed by atoms with Crippen LogP contribution in [0.5, 0.6) is 0 Å². The number of hydrogen-bond donors (Lipinski definition) is 0. The number of likely N-dealkylation sites (tertiary alicyclic amines) is 1. The van der Waals surface area contributed by atoms with E-state index in [0.29, 0.717) is 6.42 Å². The lowest BCUT2D eigenvalue weighted by Crippen LogP contribution is -2.50. The number of amides is 2. The zero-order chi connectivity index (χ0) is 16.3. The molecular weight excluding hydrogens is 254 g/mol. The van der Waals surface area contributed by atoms with Crippen LogP contribution in [0.1, 0.15) is 68.2 Å². The number of ketones is 1. The third kappa shape index (κ3) is 3.90. The number of rotatable bonds is 4. The summed E-state index contributed by atoms with van der Waals surface area (Å²) in [6.45, 7) is 14.7. The third-order valence-corrected chi connectivity index (χ3v) is 3.81. The lowest BCUT2D eigenvalue weighted by atomic mass is 9.76. The Morgan fingerprint density at radius 3 is 1.95 bits per heavy atom.